The van der Waals surface area contributed by atoms with Gasteiger partial charge in [0.15, 0.2) is 17.2 Å². The van der Waals surface area contributed by atoms with Crippen molar-refractivity contribution in [2.45, 2.75) is 31.8 Å². The Morgan fingerprint density at radius 3 is 2.57 bits per heavy atom. The molecule has 0 unspecified atom stereocenters. The van der Waals surface area contributed by atoms with Crippen molar-refractivity contribution in [2.24, 2.45) is 5.73 Å². The number of halogens is 2. The van der Waals surface area contributed by atoms with Gasteiger partial charge in [0.05, 0.1) is 25.8 Å². The molecule has 7 nitrogen and oxygen atoms in total. The molecule has 1 heterocycles. The lowest BCUT2D eigenvalue weighted by molar-refractivity contribution is 0.0837. The third-order valence-corrected chi connectivity index (χ3v) is 6.69. The summed E-state index contributed by atoms with van der Waals surface area (Å²) < 4.78 is 32.5. The number of methoxy groups -OCH3 is 1. The average Bonchev–Trinajstić information content (AvgIpc) is 3.28. The Bertz CT molecular complexity index is 1320. The van der Waals surface area contributed by atoms with Crippen LogP contribution in [0.5, 0.6) is 11.5 Å². The predicted octanol–water partition coefficient (Wildman–Crippen LogP) is 5.61. The van der Waals surface area contributed by atoms with E-state index in [0.717, 1.165) is 18.4 Å². The minimum atomic E-state index is -1.03. The molecule has 0 saturated carbocycles. The molecule has 37 heavy (non-hydrogen) atoms. The van der Waals surface area contributed by atoms with Crippen molar-refractivity contribution in [3.05, 3.63) is 82.1 Å². The van der Waals surface area contributed by atoms with Crippen LogP contribution in [0.4, 0.5) is 9.18 Å². The highest BCUT2D eigenvalue weighted by Gasteiger charge is 2.44. The fraction of sp³-hybridized carbons (Fsp3) is 0.286. The van der Waals surface area contributed by atoms with Crippen LogP contribution < -0.4 is 20.5 Å². The fourth-order valence-corrected chi connectivity index (χ4v) is 4.79. The van der Waals surface area contributed by atoms with Gasteiger partial charge in [-0.1, -0.05) is 55.3 Å². The number of primary amides is 1. The van der Waals surface area contributed by atoms with Crippen molar-refractivity contribution < 1.29 is 28.2 Å². The highest BCUT2D eigenvalue weighted by molar-refractivity contribution is 6.34. The Morgan fingerprint density at radius 2 is 1.89 bits per heavy atom. The van der Waals surface area contributed by atoms with Gasteiger partial charge in [-0.25, -0.2) is 9.18 Å². The van der Waals surface area contributed by atoms with E-state index in [1.165, 1.54) is 19.2 Å². The van der Waals surface area contributed by atoms with Crippen molar-refractivity contribution in [3.63, 3.8) is 0 Å². The van der Waals surface area contributed by atoms with Crippen LogP contribution >= 0.6 is 11.6 Å². The first-order valence-electron chi connectivity index (χ1n) is 11.9. The number of nitrogens with one attached hydrogen (secondary N) is 1. The van der Waals surface area contributed by atoms with Crippen LogP contribution in [-0.4, -0.2) is 32.3 Å². The smallest absolute Gasteiger partial charge is 0.407 e. The Kier molecular flexibility index (Phi) is 7.88. The zero-order chi connectivity index (χ0) is 26.6. The summed E-state index contributed by atoms with van der Waals surface area (Å²) in [7, 11) is 1.33. The fourth-order valence-electron chi connectivity index (χ4n) is 4.52. The third kappa shape index (κ3) is 5.20. The molecule has 0 spiro atoms. The Morgan fingerprint density at radius 1 is 1.14 bits per heavy atom. The number of alkyl carbamates (subject to hydrolysis) is 1. The molecule has 9 heteroatoms. The van der Waals surface area contributed by atoms with E-state index in [9.17, 15) is 9.59 Å². The zero-order valence-corrected chi connectivity index (χ0v) is 21.4. The molecule has 0 fully saturated rings. The summed E-state index contributed by atoms with van der Waals surface area (Å²) in [5.74, 6) is -1.18. The number of amides is 2. The van der Waals surface area contributed by atoms with E-state index < -0.39 is 23.4 Å². The summed E-state index contributed by atoms with van der Waals surface area (Å²) in [5, 5.41) is 3.02. The van der Waals surface area contributed by atoms with E-state index >= 15 is 4.39 Å². The lowest BCUT2D eigenvalue weighted by Gasteiger charge is -2.29. The van der Waals surface area contributed by atoms with Gasteiger partial charge in [-0.05, 0) is 36.2 Å². The van der Waals surface area contributed by atoms with E-state index in [-0.39, 0.29) is 40.4 Å². The lowest BCUT2D eigenvalue weighted by atomic mass is 9.85. The second-order valence-electron chi connectivity index (χ2n) is 8.75. The summed E-state index contributed by atoms with van der Waals surface area (Å²) in [4.78, 5) is 24.6. The SMILES string of the molecule is CCCCOC(=O)NC[C@@]1(c2ccccc2)Cc2c(ccc(Cl)c2-c2c(C(N)=O)ccc(OC)c2F)O1. The minimum Gasteiger partial charge on any atom is -0.494 e. The molecule has 0 aliphatic carbocycles. The molecule has 1 atom stereocenters. The zero-order valence-electron chi connectivity index (χ0n) is 20.6. The summed E-state index contributed by atoms with van der Waals surface area (Å²) in [6.07, 6.45) is 1.33. The Hall–Kier alpha value is -3.78. The number of benzene rings is 3. The molecule has 3 aromatic carbocycles. The largest absolute Gasteiger partial charge is 0.494 e. The van der Waals surface area contributed by atoms with Gasteiger partial charge in [-0.3, -0.25) is 4.79 Å². The molecule has 3 N–H and O–H groups in total. The van der Waals surface area contributed by atoms with Gasteiger partial charge in [-0.2, -0.15) is 0 Å². The number of hydrogen-bond acceptors (Lipinski definition) is 5. The van der Waals surface area contributed by atoms with Gasteiger partial charge < -0.3 is 25.3 Å². The number of carbonyl (C=O) groups is 2. The number of carbonyl (C=O) groups excluding carboxylic acids is 2. The van der Waals surface area contributed by atoms with E-state index in [1.54, 1.807) is 12.1 Å². The second kappa shape index (κ2) is 11.1. The highest BCUT2D eigenvalue weighted by atomic mass is 35.5. The second-order valence-corrected chi connectivity index (χ2v) is 9.16. The number of hydrogen-bond donors (Lipinski definition) is 2. The van der Waals surface area contributed by atoms with Gasteiger partial charge in [-0.15, -0.1) is 0 Å². The molecule has 194 valence electrons. The Balaban J connectivity index is 1.80. The van der Waals surface area contributed by atoms with E-state index in [0.29, 0.717) is 17.9 Å². The van der Waals surface area contributed by atoms with Crippen molar-refractivity contribution in [1.82, 2.24) is 5.32 Å². The molecule has 0 bridgehead atoms. The number of rotatable bonds is 9. The van der Waals surface area contributed by atoms with Crippen LogP contribution in [-0.2, 0) is 16.8 Å². The van der Waals surface area contributed by atoms with Gasteiger partial charge >= 0.3 is 6.09 Å². The van der Waals surface area contributed by atoms with Crippen LogP contribution in [0.3, 0.4) is 0 Å². The molecule has 4 rings (SSSR count). The molecule has 0 radical (unpaired) electrons. The first kappa shape index (κ1) is 26.3. The number of unbranched alkanes of at least 4 members (excludes halogenated alkanes) is 1. The molecule has 1 aliphatic heterocycles. The maximum atomic E-state index is 15.6. The molecular formula is C28H28ClFN2O5. The molecule has 0 saturated heterocycles. The summed E-state index contributed by atoms with van der Waals surface area (Å²) >= 11 is 6.62. The minimum absolute atomic E-state index is 0.0385. The maximum Gasteiger partial charge on any atom is 0.407 e. The van der Waals surface area contributed by atoms with Crippen molar-refractivity contribution in [2.75, 3.05) is 20.3 Å². The van der Waals surface area contributed by atoms with Crippen molar-refractivity contribution in [1.29, 1.82) is 0 Å². The van der Waals surface area contributed by atoms with Gasteiger partial charge in [0.25, 0.3) is 0 Å². The third-order valence-electron chi connectivity index (χ3n) is 6.38. The van der Waals surface area contributed by atoms with Crippen LogP contribution in [0.1, 0.15) is 41.3 Å². The quantitative estimate of drug-likeness (QED) is 0.353. The molecule has 1 aliphatic rings. The van der Waals surface area contributed by atoms with Gasteiger partial charge in [0, 0.05) is 28.1 Å². The molecule has 2 amide bonds. The molecule has 3 aromatic rings. The van der Waals surface area contributed by atoms with E-state index in [2.05, 4.69) is 5.32 Å². The highest BCUT2D eigenvalue weighted by Crippen LogP contribution is 2.49. The van der Waals surface area contributed by atoms with Crippen LogP contribution in [0.25, 0.3) is 11.1 Å². The molecule has 0 aromatic heterocycles. The summed E-state index contributed by atoms with van der Waals surface area (Å²) in [6.45, 7) is 2.40. The monoisotopic (exact) mass is 526 g/mol. The summed E-state index contributed by atoms with van der Waals surface area (Å²) in [6, 6.07) is 15.4. The topological polar surface area (TPSA) is 99.9 Å². The molecular weight excluding hydrogens is 499 g/mol. The van der Waals surface area contributed by atoms with Crippen LogP contribution in [0.15, 0.2) is 54.6 Å². The van der Waals surface area contributed by atoms with Crippen LogP contribution in [0.2, 0.25) is 5.02 Å². The standard InChI is InChI=1S/C28H28ClFN2O5/c1-3-4-14-36-27(34)32-16-28(17-8-6-5-7-9-17)15-19-21(37-28)13-11-20(29)23(19)24-18(26(31)33)10-12-22(35-2)25(24)30/h5-13H,3-4,14-16H2,1-2H3,(H2,31,33)(H,32,34)/t28-/m1/s1. The average molecular weight is 527 g/mol. The predicted molar refractivity (Wildman–Crippen MR) is 139 cm³/mol. The van der Waals surface area contributed by atoms with E-state index in [1.807, 2.05) is 37.3 Å². The maximum absolute atomic E-state index is 15.6. The van der Waals surface area contributed by atoms with Crippen molar-refractivity contribution >= 4 is 23.6 Å². The van der Waals surface area contributed by atoms with Gasteiger partial charge in [0.1, 0.15) is 5.75 Å². The number of fused-ring (bicyclic) bond motifs is 1. The number of nitrogens with two attached hydrogens (primary N) is 1. The first-order chi connectivity index (χ1) is 17.8. The van der Waals surface area contributed by atoms with Gasteiger partial charge in [0.2, 0.25) is 5.91 Å². The number of ether oxygens (including phenoxy) is 3. The summed E-state index contributed by atoms with van der Waals surface area (Å²) in [5.41, 5.74) is 6.12. The van der Waals surface area contributed by atoms with Crippen molar-refractivity contribution in [3.8, 4) is 22.6 Å². The normalized spacial score (nSPS) is 16.0. The van der Waals surface area contributed by atoms with Crippen LogP contribution in [0, 0.1) is 5.82 Å². The Labute approximate surface area is 219 Å². The first-order valence-corrected chi connectivity index (χ1v) is 12.3. The lowest BCUT2D eigenvalue weighted by Crippen LogP contribution is -2.44. The van der Waals surface area contributed by atoms with E-state index in [4.69, 9.17) is 31.5 Å².